The van der Waals surface area contributed by atoms with Gasteiger partial charge in [0.2, 0.25) is 0 Å². The van der Waals surface area contributed by atoms with Gasteiger partial charge in [0.1, 0.15) is 17.1 Å². The van der Waals surface area contributed by atoms with Crippen molar-refractivity contribution in [2.75, 3.05) is 39.8 Å². The van der Waals surface area contributed by atoms with Crippen molar-refractivity contribution in [2.45, 2.75) is 26.8 Å². The predicted molar refractivity (Wildman–Crippen MR) is 120 cm³/mol. The number of amides is 1. The highest BCUT2D eigenvalue weighted by molar-refractivity contribution is 5.93. The van der Waals surface area contributed by atoms with Gasteiger partial charge in [-0.15, -0.1) is 0 Å². The lowest BCUT2D eigenvalue weighted by Gasteiger charge is -2.37. The zero-order valence-corrected chi connectivity index (χ0v) is 18.5. The molecule has 1 amide bonds. The summed E-state index contributed by atoms with van der Waals surface area (Å²) in [5, 5.41) is 3.47. The smallest absolute Gasteiger partial charge is 0.287 e. The number of nitrogens with zero attached hydrogens (tertiary/aromatic N) is 2. The molecule has 7 heteroatoms. The van der Waals surface area contributed by atoms with Crippen LogP contribution in [0.1, 0.15) is 39.2 Å². The zero-order valence-electron chi connectivity index (χ0n) is 18.5. The summed E-state index contributed by atoms with van der Waals surface area (Å²) in [6.45, 7) is 9.79. The number of carbonyl (C=O) groups is 1. The highest BCUT2D eigenvalue weighted by atomic mass is 16.3. The number of fused-ring (bicyclic) bond motifs is 1. The van der Waals surface area contributed by atoms with Crippen molar-refractivity contribution in [1.82, 2.24) is 15.1 Å². The van der Waals surface area contributed by atoms with Crippen molar-refractivity contribution in [3.8, 4) is 0 Å². The van der Waals surface area contributed by atoms with Crippen molar-refractivity contribution >= 4 is 16.9 Å². The Labute approximate surface area is 181 Å². The monoisotopic (exact) mass is 423 g/mol. The fourth-order valence-electron chi connectivity index (χ4n) is 4.23. The van der Waals surface area contributed by atoms with Gasteiger partial charge in [-0.1, -0.05) is 6.07 Å². The van der Waals surface area contributed by atoms with E-state index in [-0.39, 0.29) is 17.2 Å². The van der Waals surface area contributed by atoms with E-state index in [0.717, 1.165) is 48.8 Å². The number of hydrogen-bond donors (Lipinski definition) is 1. The van der Waals surface area contributed by atoms with Gasteiger partial charge >= 0.3 is 0 Å². The van der Waals surface area contributed by atoms with Crippen molar-refractivity contribution in [1.29, 1.82) is 0 Å². The molecule has 1 unspecified atom stereocenters. The third-order valence-electron chi connectivity index (χ3n) is 5.92. The minimum atomic E-state index is -0.402. The molecule has 1 saturated heterocycles. The standard InChI is InChI=1S/C24H29N3O4/c1-15-11-16(2)23-19(28)13-22(31-21(23)12-15)24(29)25-14-18(20-6-5-17(3)30-20)27-9-7-26(4)8-10-27/h5-6,11-13,18H,7-10,14H2,1-4H3,(H,25,29). The van der Waals surface area contributed by atoms with Crippen molar-refractivity contribution < 1.29 is 13.6 Å². The van der Waals surface area contributed by atoms with Crippen LogP contribution in [-0.2, 0) is 0 Å². The molecule has 1 fully saturated rings. The average Bonchev–Trinajstić information content (AvgIpc) is 3.14. The van der Waals surface area contributed by atoms with E-state index in [1.165, 1.54) is 6.07 Å². The quantitative estimate of drug-likeness (QED) is 0.680. The Morgan fingerprint density at radius 1 is 1.06 bits per heavy atom. The van der Waals surface area contributed by atoms with E-state index in [2.05, 4.69) is 22.2 Å². The molecule has 0 radical (unpaired) electrons. The van der Waals surface area contributed by atoms with E-state index in [0.29, 0.717) is 17.5 Å². The first-order valence-corrected chi connectivity index (χ1v) is 10.6. The molecule has 2 aromatic heterocycles. The Kier molecular flexibility index (Phi) is 5.98. The highest BCUT2D eigenvalue weighted by Gasteiger charge is 2.27. The largest absolute Gasteiger partial charge is 0.465 e. The van der Waals surface area contributed by atoms with Crippen molar-refractivity contribution in [2.24, 2.45) is 0 Å². The summed E-state index contributed by atoms with van der Waals surface area (Å²) >= 11 is 0. The number of carbonyl (C=O) groups excluding carboxylic acids is 1. The van der Waals surface area contributed by atoms with Crippen LogP contribution in [0.4, 0.5) is 0 Å². The number of furan rings is 1. The molecule has 31 heavy (non-hydrogen) atoms. The lowest BCUT2D eigenvalue weighted by Crippen LogP contribution is -2.48. The molecule has 0 spiro atoms. The van der Waals surface area contributed by atoms with Gasteiger partial charge in [-0.25, -0.2) is 0 Å². The first kappa shape index (κ1) is 21.3. The number of benzene rings is 1. The molecule has 1 aromatic carbocycles. The van der Waals surface area contributed by atoms with E-state index in [9.17, 15) is 9.59 Å². The minimum absolute atomic E-state index is 0.0234. The number of hydrogen-bond acceptors (Lipinski definition) is 6. The minimum Gasteiger partial charge on any atom is -0.465 e. The van der Waals surface area contributed by atoms with Crippen LogP contribution in [0.3, 0.4) is 0 Å². The summed E-state index contributed by atoms with van der Waals surface area (Å²) in [6, 6.07) is 8.83. The van der Waals surface area contributed by atoms with Gasteiger partial charge in [0, 0.05) is 38.8 Å². The van der Waals surface area contributed by atoms with E-state index >= 15 is 0 Å². The Morgan fingerprint density at radius 2 is 1.81 bits per heavy atom. The normalized spacial score (nSPS) is 16.5. The molecular formula is C24H29N3O4. The molecule has 0 aliphatic carbocycles. The van der Waals surface area contributed by atoms with Crippen LogP contribution in [0.15, 0.2) is 44.0 Å². The summed E-state index contributed by atoms with van der Waals surface area (Å²) < 4.78 is 11.7. The number of aryl methyl sites for hydroxylation is 3. The second kappa shape index (κ2) is 8.69. The molecule has 0 saturated carbocycles. The molecule has 1 atom stereocenters. The van der Waals surface area contributed by atoms with Crippen LogP contribution < -0.4 is 10.7 Å². The Balaban J connectivity index is 1.56. The fraction of sp³-hybridized carbons (Fsp3) is 0.417. The summed E-state index contributed by atoms with van der Waals surface area (Å²) in [6.07, 6.45) is 0. The van der Waals surface area contributed by atoms with Gasteiger partial charge in [-0.2, -0.15) is 0 Å². The van der Waals surface area contributed by atoms with Crippen LogP contribution >= 0.6 is 0 Å². The van der Waals surface area contributed by atoms with E-state index in [1.54, 1.807) is 6.07 Å². The van der Waals surface area contributed by atoms with Crippen LogP contribution in [0.25, 0.3) is 11.0 Å². The Hall–Kier alpha value is -2.90. The van der Waals surface area contributed by atoms with Crippen LogP contribution in [0.5, 0.6) is 0 Å². The van der Waals surface area contributed by atoms with Gasteiger partial charge in [0.15, 0.2) is 11.2 Å². The molecule has 1 aliphatic rings. The lowest BCUT2D eigenvalue weighted by atomic mass is 10.1. The molecule has 3 heterocycles. The highest BCUT2D eigenvalue weighted by Crippen LogP contribution is 2.24. The van der Waals surface area contributed by atoms with Gasteiger partial charge in [0.25, 0.3) is 5.91 Å². The van der Waals surface area contributed by atoms with Gasteiger partial charge in [0.05, 0.1) is 11.4 Å². The Bertz CT molecular complexity index is 1160. The summed E-state index contributed by atoms with van der Waals surface area (Å²) in [5.74, 6) is 1.29. The molecule has 164 valence electrons. The fourth-order valence-corrected chi connectivity index (χ4v) is 4.23. The predicted octanol–water partition coefficient (Wildman–Crippen LogP) is 3.03. The Morgan fingerprint density at radius 3 is 2.48 bits per heavy atom. The summed E-state index contributed by atoms with van der Waals surface area (Å²) in [4.78, 5) is 30.1. The molecule has 1 N–H and O–H groups in total. The molecule has 3 aromatic rings. The maximum Gasteiger partial charge on any atom is 0.287 e. The van der Waals surface area contributed by atoms with E-state index in [4.69, 9.17) is 8.83 Å². The topological polar surface area (TPSA) is 78.9 Å². The van der Waals surface area contributed by atoms with Gasteiger partial charge in [-0.3, -0.25) is 14.5 Å². The van der Waals surface area contributed by atoms with E-state index < -0.39 is 5.91 Å². The SMILES string of the molecule is Cc1cc(C)c2c(=O)cc(C(=O)NCC(c3ccc(C)o3)N3CCN(C)CC3)oc2c1. The zero-order chi connectivity index (χ0) is 22.1. The molecule has 4 rings (SSSR count). The second-order valence-electron chi connectivity index (χ2n) is 8.44. The van der Waals surface area contributed by atoms with Crippen LogP contribution in [-0.4, -0.2) is 55.5 Å². The summed E-state index contributed by atoms with van der Waals surface area (Å²) in [7, 11) is 2.11. The molecule has 0 bridgehead atoms. The molecule has 7 nitrogen and oxygen atoms in total. The van der Waals surface area contributed by atoms with Gasteiger partial charge in [-0.05, 0) is 57.1 Å². The maximum atomic E-state index is 12.9. The summed E-state index contributed by atoms with van der Waals surface area (Å²) in [5.41, 5.74) is 2.06. The van der Waals surface area contributed by atoms with Crippen LogP contribution in [0.2, 0.25) is 0 Å². The lowest BCUT2D eigenvalue weighted by molar-refractivity contribution is 0.0830. The van der Waals surface area contributed by atoms with E-state index in [1.807, 2.05) is 39.0 Å². The first-order chi connectivity index (χ1) is 14.8. The third kappa shape index (κ3) is 4.57. The number of rotatable bonds is 5. The number of likely N-dealkylation sites (N-methyl/N-ethyl adjacent to an activating group) is 1. The number of piperazine rings is 1. The first-order valence-electron chi connectivity index (χ1n) is 10.6. The third-order valence-corrected chi connectivity index (χ3v) is 5.92. The maximum absolute atomic E-state index is 12.9. The van der Waals surface area contributed by atoms with Crippen molar-refractivity contribution in [3.05, 3.63) is 69.0 Å². The average molecular weight is 424 g/mol. The molecular weight excluding hydrogens is 394 g/mol. The van der Waals surface area contributed by atoms with Crippen LogP contribution in [0, 0.1) is 20.8 Å². The molecule has 1 aliphatic heterocycles. The van der Waals surface area contributed by atoms with Gasteiger partial charge < -0.3 is 19.1 Å². The van der Waals surface area contributed by atoms with Crippen molar-refractivity contribution in [3.63, 3.8) is 0 Å². The number of nitrogens with one attached hydrogen (secondary N) is 1. The second-order valence-corrected chi connectivity index (χ2v) is 8.44.